The van der Waals surface area contributed by atoms with Gasteiger partial charge >= 0.3 is 5.97 Å². The topological polar surface area (TPSA) is 37.3 Å². The van der Waals surface area contributed by atoms with E-state index in [4.69, 9.17) is 0 Å². The van der Waals surface area contributed by atoms with Crippen LogP contribution in [0.3, 0.4) is 0 Å². The van der Waals surface area contributed by atoms with Crippen LogP contribution in [-0.2, 0) is 17.6 Å². The monoisotopic (exact) mass is 268 g/mol. The number of aliphatic carboxylic acids is 1. The molecule has 2 nitrogen and oxygen atoms in total. The smallest absolute Gasteiger partial charge is 0.309 e. The first-order valence-corrected chi connectivity index (χ1v) is 5.82. The van der Waals surface area contributed by atoms with E-state index in [2.05, 4.69) is 22.0 Å². The van der Waals surface area contributed by atoms with E-state index >= 15 is 0 Å². The predicted molar refractivity (Wildman–Crippen MR) is 61.9 cm³/mol. The molecule has 0 bridgehead atoms. The summed E-state index contributed by atoms with van der Waals surface area (Å²) in [7, 11) is 0. The van der Waals surface area contributed by atoms with Gasteiger partial charge in [-0.3, -0.25) is 4.79 Å². The van der Waals surface area contributed by atoms with E-state index in [0.717, 1.165) is 22.9 Å². The highest BCUT2D eigenvalue weighted by molar-refractivity contribution is 9.10. The van der Waals surface area contributed by atoms with Crippen LogP contribution in [0.4, 0.5) is 0 Å². The summed E-state index contributed by atoms with van der Waals surface area (Å²) in [5.74, 6) is -0.691. The van der Waals surface area contributed by atoms with Gasteiger partial charge in [0.05, 0.1) is 5.41 Å². The van der Waals surface area contributed by atoms with Crippen molar-refractivity contribution in [1.29, 1.82) is 0 Å². The molecule has 2 rings (SSSR count). The van der Waals surface area contributed by atoms with E-state index < -0.39 is 11.4 Å². The van der Waals surface area contributed by atoms with Gasteiger partial charge in [-0.2, -0.15) is 0 Å². The van der Waals surface area contributed by atoms with Crippen molar-refractivity contribution in [3.8, 4) is 0 Å². The first-order valence-electron chi connectivity index (χ1n) is 5.02. The van der Waals surface area contributed by atoms with Crippen LogP contribution in [0.25, 0.3) is 0 Å². The fraction of sp³-hybridized carbons (Fsp3) is 0.417. The number of halogens is 1. The van der Waals surface area contributed by atoms with Gasteiger partial charge in [0.15, 0.2) is 0 Å². The molecule has 1 aromatic rings. The van der Waals surface area contributed by atoms with E-state index in [-0.39, 0.29) is 0 Å². The summed E-state index contributed by atoms with van der Waals surface area (Å²) in [4.78, 5) is 11.2. The van der Waals surface area contributed by atoms with Crippen LogP contribution in [0.15, 0.2) is 22.7 Å². The van der Waals surface area contributed by atoms with Gasteiger partial charge in [0.1, 0.15) is 0 Å². The minimum Gasteiger partial charge on any atom is -0.481 e. The Hall–Kier alpha value is -0.830. The van der Waals surface area contributed by atoms with Crippen molar-refractivity contribution in [1.82, 2.24) is 0 Å². The Morgan fingerprint density at radius 3 is 2.93 bits per heavy atom. The van der Waals surface area contributed by atoms with Crippen LogP contribution in [0.1, 0.15) is 24.5 Å². The summed E-state index contributed by atoms with van der Waals surface area (Å²) in [6.45, 7) is 1.83. The maximum atomic E-state index is 11.2. The minimum absolute atomic E-state index is 0.600. The number of carboxylic acids is 1. The Balaban J connectivity index is 2.42. The molecule has 0 fully saturated rings. The molecule has 1 N–H and O–H groups in total. The lowest BCUT2D eigenvalue weighted by atomic mass is 9.73. The molecule has 0 saturated heterocycles. The third kappa shape index (κ3) is 1.81. The normalized spacial score (nSPS) is 24.7. The average molecular weight is 269 g/mol. The third-order valence-corrected chi connectivity index (χ3v) is 3.99. The largest absolute Gasteiger partial charge is 0.481 e. The fourth-order valence-electron chi connectivity index (χ4n) is 2.11. The van der Waals surface area contributed by atoms with Gasteiger partial charge in [-0.1, -0.05) is 28.1 Å². The molecule has 3 heteroatoms. The molecule has 0 saturated carbocycles. The Bertz CT molecular complexity index is 414. The SMILES string of the molecule is CC1(C(=O)O)CCc2cccc(Br)c2C1. The third-order valence-electron chi connectivity index (χ3n) is 3.25. The molecule has 1 aromatic carbocycles. The number of rotatable bonds is 1. The van der Waals surface area contributed by atoms with Crippen molar-refractivity contribution >= 4 is 21.9 Å². The first-order chi connectivity index (χ1) is 7.03. The van der Waals surface area contributed by atoms with Crippen molar-refractivity contribution < 1.29 is 9.90 Å². The zero-order chi connectivity index (χ0) is 11.1. The molecule has 1 aliphatic carbocycles. The summed E-state index contributed by atoms with van der Waals surface area (Å²) < 4.78 is 1.03. The highest BCUT2D eigenvalue weighted by Crippen LogP contribution is 2.38. The number of benzene rings is 1. The van der Waals surface area contributed by atoms with Crippen molar-refractivity contribution in [2.45, 2.75) is 26.2 Å². The van der Waals surface area contributed by atoms with Crippen LogP contribution >= 0.6 is 15.9 Å². The van der Waals surface area contributed by atoms with Crippen LogP contribution in [0, 0.1) is 5.41 Å². The second-order valence-corrected chi connectivity index (χ2v) is 5.27. The zero-order valence-corrected chi connectivity index (χ0v) is 10.2. The van der Waals surface area contributed by atoms with Crippen molar-refractivity contribution in [2.75, 3.05) is 0 Å². The van der Waals surface area contributed by atoms with Gasteiger partial charge in [-0.25, -0.2) is 0 Å². The van der Waals surface area contributed by atoms with Crippen molar-refractivity contribution in [3.63, 3.8) is 0 Å². The summed E-state index contributed by atoms with van der Waals surface area (Å²) in [5, 5.41) is 9.20. The number of hydrogen-bond acceptors (Lipinski definition) is 1. The lowest BCUT2D eigenvalue weighted by molar-refractivity contribution is -0.148. The molecular weight excluding hydrogens is 256 g/mol. The Kier molecular flexibility index (Phi) is 2.59. The van der Waals surface area contributed by atoms with Crippen LogP contribution in [0.2, 0.25) is 0 Å². The second kappa shape index (κ2) is 3.63. The van der Waals surface area contributed by atoms with Gasteiger partial charge in [0, 0.05) is 4.47 Å². The molecule has 0 amide bonds. The van der Waals surface area contributed by atoms with Gasteiger partial charge < -0.3 is 5.11 Å². The van der Waals surface area contributed by atoms with E-state index in [1.807, 2.05) is 19.1 Å². The molecule has 1 aliphatic rings. The number of hydrogen-bond donors (Lipinski definition) is 1. The molecule has 0 radical (unpaired) electrons. The summed E-state index contributed by atoms with van der Waals surface area (Å²) in [6.07, 6.45) is 2.21. The second-order valence-electron chi connectivity index (χ2n) is 4.42. The zero-order valence-electron chi connectivity index (χ0n) is 8.59. The Labute approximate surface area is 97.4 Å². The minimum atomic E-state index is -0.691. The van der Waals surface area contributed by atoms with Crippen LogP contribution in [-0.4, -0.2) is 11.1 Å². The molecule has 0 heterocycles. The van der Waals surface area contributed by atoms with E-state index in [0.29, 0.717) is 6.42 Å². The molecule has 0 spiro atoms. The molecular formula is C12H13BrO2. The van der Waals surface area contributed by atoms with Gasteiger partial charge in [0.25, 0.3) is 0 Å². The summed E-state index contributed by atoms with van der Waals surface area (Å²) in [6, 6.07) is 6.07. The van der Waals surface area contributed by atoms with Crippen LogP contribution < -0.4 is 0 Å². The molecule has 0 aromatic heterocycles. The van der Waals surface area contributed by atoms with E-state index in [1.165, 1.54) is 5.56 Å². The van der Waals surface area contributed by atoms with Gasteiger partial charge in [0.2, 0.25) is 0 Å². The molecule has 80 valence electrons. The van der Waals surface area contributed by atoms with Crippen molar-refractivity contribution in [3.05, 3.63) is 33.8 Å². The highest BCUT2D eigenvalue weighted by Gasteiger charge is 2.37. The Morgan fingerprint density at radius 1 is 1.53 bits per heavy atom. The highest BCUT2D eigenvalue weighted by atomic mass is 79.9. The predicted octanol–water partition coefficient (Wildman–Crippen LogP) is 3.03. The first kappa shape index (κ1) is 10.7. The number of carbonyl (C=O) groups is 1. The van der Waals surface area contributed by atoms with Crippen molar-refractivity contribution in [2.24, 2.45) is 5.41 Å². The Morgan fingerprint density at radius 2 is 2.27 bits per heavy atom. The summed E-state index contributed by atoms with van der Waals surface area (Å²) >= 11 is 3.49. The van der Waals surface area contributed by atoms with Gasteiger partial charge in [-0.15, -0.1) is 0 Å². The average Bonchev–Trinajstić information content (AvgIpc) is 2.19. The van der Waals surface area contributed by atoms with Gasteiger partial charge in [-0.05, 0) is 43.4 Å². The molecule has 15 heavy (non-hydrogen) atoms. The standard InChI is InChI=1S/C12H13BrO2/c1-12(11(14)15)6-5-8-3-2-4-10(13)9(8)7-12/h2-4H,5-7H2,1H3,(H,14,15). The molecule has 0 aliphatic heterocycles. The quantitative estimate of drug-likeness (QED) is 0.850. The summed E-state index contributed by atoms with van der Waals surface area (Å²) in [5.41, 5.74) is 1.84. The number of aryl methyl sites for hydroxylation is 1. The fourth-order valence-corrected chi connectivity index (χ4v) is 2.65. The van der Waals surface area contributed by atoms with E-state index in [1.54, 1.807) is 0 Å². The lowest BCUT2D eigenvalue weighted by Gasteiger charge is -2.31. The van der Waals surface area contributed by atoms with E-state index in [9.17, 15) is 9.90 Å². The lowest BCUT2D eigenvalue weighted by Crippen LogP contribution is -2.34. The molecule has 1 atom stereocenters. The maximum absolute atomic E-state index is 11.2. The molecule has 1 unspecified atom stereocenters. The number of carboxylic acid groups (broad SMARTS) is 1. The number of fused-ring (bicyclic) bond motifs is 1. The van der Waals surface area contributed by atoms with Crippen LogP contribution in [0.5, 0.6) is 0 Å². The maximum Gasteiger partial charge on any atom is 0.309 e.